The Bertz CT molecular complexity index is 468. The van der Waals surface area contributed by atoms with Crippen molar-refractivity contribution < 1.29 is 5.11 Å². The van der Waals surface area contributed by atoms with E-state index in [1.165, 1.54) is 16.8 Å². The van der Waals surface area contributed by atoms with E-state index in [1.54, 1.807) is 0 Å². The third kappa shape index (κ3) is 4.72. The second-order valence-electron chi connectivity index (χ2n) is 7.16. The fourth-order valence-electron chi connectivity index (χ4n) is 3.01. The lowest BCUT2D eigenvalue weighted by Gasteiger charge is -2.38. The van der Waals surface area contributed by atoms with Crippen LogP contribution in [0.5, 0.6) is 0 Å². The molecule has 0 radical (unpaired) electrons. The van der Waals surface area contributed by atoms with Crippen molar-refractivity contribution in [3.8, 4) is 0 Å². The van der Waals surface area contributed by atoms with Crippen LogP contribution in [0.25, 0.3) is 0 Å². The van der Waals surface area contributed by atoms with Gasteiger partial charge >= 0.3 is 0 Å². The van der Waals surface area contributed by atoms with Gasteiger partial charge in [0.1, 0.15) is 0 Å². The van der Waals surface area contributed by atoms with E-state index in [-0.39, 0.29) is 0 Å². The van der Waals surface area contributed by atoms with Crippen LogP contribution < -0.4 is 10.2 Å². The molecule has 1 aliphatic rings. The summed E-state index contributed by atoms with van der Waals surface area (Å²) in [6.45, 7) is 12.3. The lowest BCUT2D eigenvalue weighted by Crippen LogP contribution is -2.46. The molecule has 1 unspecified atom stereocenters. The zero-order chi connectivity index (χ0) is 15.5. The van der Waals surface area contributed by atoms with Gasteiger partial charge in [-0.2, -0.15) is 0 Å². The highest BCUT2D eigenvalue weighted by atomic mass is 16.3. The van der Waals surface area contributed by atoms with E-state index in [9.17, 15) is 5.11 Å². The Hall–Kier alpha value is -1.06. The summed E-state index contributed by atoms with van der Waals surface area (Å²) < 4.78 is 0. The van der Waals surface area contributed by atoms with Crippen LogP contribution in [0.3, 0.4) is 0 Å². The highest BCUT2D eigenvalue weighted by molar-refractivity contribution is 5.51. The van der Waals surface area contributed by atoms with Crippen molar-refractivity contribution in [3.63, 3.8) is 0 Å². The molecule has 0 bridgehead atoms. The Morgan fingerprint density at radius 2 is 2.14 bits per heavy atom. The summed E-state index contributed by atoms with van der Waals surface area (Å²) in [6, 6.07) is 6.68. The summed E-state index contributed by atoms with van der Waals surface area (Å²) in [7, 11) is 0. The Kier molecular flexibility index (Phi) is 5.28. The van der Waals surface area contributed by atoms with Gasteiger partial charge in [-0.1, -0.05) is 19.9 Å². The predicted octanol–water partition coefficient (Wildman–Crippen LogP) is 3.09. The lowest BCUT2D eigenvalue weighted by atomic mass is 9.94. The SMILES string of the molecule is Cc1cc(N2CCCC(C)(O)C2)ccc1CNCC(C)C. The highest BCUT2D eigenvalue weighted by Crippen LogP contribution is 2.27. The normalized spacial score (nSPS) is 22.9. The largest absolute Gasteiger partial charge is 0.388 e. The van der Waals surface area contributed by atoms with Gasteiger partial charge < -0.3 is 15.3 Å². The fourth-order valence-corrected chi connectivity index (χ4v) is 3.01. The predicted molar refractivity (Wildman–Crippen MR) is 89.8 cm³/mol. The third-order valence-electron chi connectivity index (χ3n) is 4.23. The molecule has 0 aliphatic carbocycles. The Balaban J connectivity index is 2.01. The Morgan fingerprint density at radius 3 is 2.76 bits per heavy atom. The molecule has 1 aromatic carbocycles. The molecule has 0 amide bonds. The van der Waals surface area contributed by atoms with Crippen molar-refractivity contribution in [3.05, 3.63) is 29.3 Å². The molecule has 1 heterocycles. The average Bonchev–Trinajstić information content (AvgIpc) is 2.39. The number of hydrogen-bond acceptors (Lipinski definition) is 3. The van der Waals surface area contributed by atoms with Crippen LogP contribution in [-0.2, 0) is 6.54 Å². The number of β-amino-alcohol motifs (C(OH)–C–C–N with tert-alkyl or cyclic N) is 1. The number of anilines is 1. The minimum absolute atomic E-state index is 0.552. The van der Waals surface area contributed by atoms with Gasteiger partial charge in [0.05, 0.1) is 5.60 Å². The first kappa shape index (κ1) is 16.3. The molecule has 2 rings (SSSR count). The Morgan fingerprint density at radius 1 is 1.38 bits per heavy atom. The van der Waals surface area contributed by atoms with E-state index in [4.69, 9.17) is 0 Å². The van der Waals surface area contributed by atoms with Crippen molar-refractivity contribution >= 4 is 5.69 Å². The van der Waals surface area contributed by atoms with Gasteiger partial charge in [-0.05, 0) is 62.4 Å². The Labute approximate surface area is 129 Å². The van der Waals surface area contributed by atoms with Crippen LogP contribution in [-0.4, -0.2) is 30.3 Å². The average molecular weight is 290 g/mol. The van der Waals surface area contributed by atoms with Gasteiger partial charge in [-0.25, -0.2) is 0 Å². The molecule has 0 aromatic heterocycles. The quantitative estimate of drug-likeness (QED) is 0.875. The van der Waals surface area contributed by atoms with Crippen LogP contribution in [0, 0.1) is 12.8 Å². The first-order chi connectivity index (χ1) is 9.87. The van der Waals surface area contributed by atoms with E-state index >= 15 is 0 Å². The third-order valence-corrected chi connectivity index (χ3v) is 4.23. The molecule has 21 heavy (non-hydrogen) atoms. The molecule has 118 valence electrons. The van der Waals surface area contributed by atoms with Crippen LogP contribution in [0.2, 0.25) is 0 Å². The molecule has 3 nitrogen and oxygen atoms in total. The molecule has 3 heteroatoms. The zero-order valence-corrected chi connectivity index (χ0v) is 13.9. The van der Waals surface area contributed by atoms with Gasteiger partial charge in [0, 0.05) is 25.3 Å². The van der Waals surface area contributed by atoms with E-state index in [0.717, 1.165) is 39.0 Å². The first-order valence-electron chi connectivity index (χ1n) is 8.15. The number of nitrogens with zero attached hydrogens (tertiary/aromatic N) is 1. The minimum Gasteiger partial charge on any atom is -0.388 e. The summed E-state index contributed by atoms with van der Waals surface area (Å²) in [5.74, 6) is 0.681. The summed E-state index contributed by atoms with van der Waals surface area (Å²) in [6.07, 6.45) is 1.96. The van der Waals surface area contributed by atoms with Crippen molar-refractivity contribution in [2.75, 3.05) is 24.5 Å². The van der Waals surface area contributed by atoms with Gasteiger partial charge in [0.2, 0.25) is 0 Å². The van der Waals surface area contributed by atoms with E-state index in [2.05, 4.69) is 49.2 Å². The van der Waals surface area contributed by atoms with E-state index in [0.29, 0.717) is 5.92 Å². The second-order valence-corrected chi connectivity index (χ2v) is 7.16. The maximum Gasteiger partial charge on any atom is 0.0794 e. The van der Waals surface area contributed by atoms with Crippen molar-refractivity contribution in [1.82, 2.24) is 5.32 Å². The number of aryl methyl sites for hydroxylation is 1. The molecule has 2 N–H and O–H groups in total. The zero-order valence-electron chi connectivity index (χ0n) is 13.9. The summed E-state index contributed by atoms with van der Waals surface area (Å²) >= 11 is 0. The molecule has 1 fully saturated rings. The van der Waals surface area contributed by atoms with Crippen molar-refractivity contribution in [2.24, 2.45) is 5.92 Å². The van der Waals surface area contributed by atoms with Crippen LogP contribution in [0.4, 0.5) is 5.69 Å². The van der Waals surface area contributed by atoms with Gasteiger partial charge in [-0.15, -0.1) is 0 Å². The number of rotatable bonds is 5. The van der Waals surface area contributed by atoms with E-state index < -0.39 is 5.60 Å². The van der Waals surface area contributed by atoms with E-state index in [1.807, 2.05) is 6.92 Å². The molecule has 1 saturated heterocycles. The first-order valence-corrected chi connectivity index (χ1v) is 8.15. The fraction of sp³-hybridized carbons (Fsp3) is 0.667. The molecule has 1 aromatic rings. The van der Waals surface area contributed by atoms with Gasteiger partial charge in [0.25, 0.3) is 0 Å². The summed E-state index contributed by atoms with van der Waals surface area (Å²) in [5, 5.41) is 13.7. The number of benzene rings is 1. The smallest absolute Gasteiger partial charge is 0.0794 e. The molecule has 1 atom stereocenters. The number of hydrogen-bond donors (Lipinski definition) is 2. The maximum absolute atomic E-state index is 10.2. The van der Waals surface area contributed by atoms with Crippen molar-refractivity contribution in [2.45, 2.75) is 52.7 Å². The van der Waals surface area contributed by atoms with Gasteiger partial charge in [0.15, 0.2) is 0 Å². The number of nitrogens with one attached hydrogen (secondary N) is 1. The van der Waals surface area contributed by atoms with Crippen LogP contribution >= 0.6 is 0 Å². The summed E-state index contributed by atoms with van der Waals surface area (Å²) in [4.78, 5) is 2.31. The monoisotopic (exact) mass is 290 g/mol. The topological polar surface area (TPSA) is 35.5 Å². The highest BCUT2D eigenvalue weighted by Gasteiger charge is 2.28. The molecular weight excluding hydrogens is 260 g/mol. The number of aliphatic hydroxyl groups is 1. The summed E-state index contributed by atoms with van der Waals surface area (Å²) in [5.41, 5.74) is 3.38. The van der Waals surface area contributed by atoms with Crippen LogP contribution in [0.15, 0.2) is 18.2 Å². The van der Waals surface area contributed by atoms with Crippen LogP contribution in [0.1, 0.15) is 44.7 Å². The minimum atomic E-state index is -0.552. The standard InChI is InChI=1S/C18H30N2O/c1-14(2)11-19-12-16-6-7-17(10-15(16)3)20-9-5-8-18(4,21)13-20/h6-7,10,14,19,21H,5,8-9,11-13H2,1-4H3. The second kappa shape index (κ2) is 6.80. The van der Waals surface area contributed by atoms with Crippen molar-refractivity contribution in [1.29, 1.82) is 0 Å². The molecule has 0 saturated carbocycles. The molecule has 1 aliphatic heterocycles. The molecular formula is C18H30N2O. The maximum atomic E-state index is 10.2. The lowest BCUT2D eigenvalue weighted by molar-refractivity contribution is 0.0449. The number of piperidine rings is 1. The van der Waals surface area contributed by atoms with Gasteiger partial charge in [-0.3, -0.25) is 0 Å². The molecule has 0 spiro atoms.